The zero-order chi connectivity index (χ0) is 11.4. The first kappa shape index (κ1) is 10.7. The monoisotopic (exact) mass is 216 g/mol. The summed E-state index contributed by atoms with van der Waals surface area (Å²) in [5.41, 5.74) is 3.30. The summed E-state index contributed by atoms with van der Waals surface area (Å²) in [5.74, 6) is 0.953. The molecule has 1 heterocycles. The van der Waals surface area contributed by atoms with Gasteiger partial charge in [-0.2, -0.15) is 5.10 Å². The van der Waals surface area contributed by atoms with Crippen LogP contribution in [0.25, 0.3) is 0 Å². The van der Waals surface area contributed by atoms with Gasteiger partial charge in [0.15, 0.2) is 0 Å². The van der Waals surface area contributed by atoms with Gasteiger partial charge in [-0.15, -0.1) is 0 Å². The van der Waals surface area contributed by atoms with E-state index < -0.39 is 0 Å². The van der Waals surface area contributed by atoms with Gasteiger partial charge in [0.1, 0.15) is 5.75 Å². The molecule has 0 bridgehead atoms. The minimum atomic E-state index is 0.662. The van der Waals surface area contributed by atoms with Crippen molar-refractivity contribution in [3.05, 3.63) is 47.3 Å². The van der Waals surface area contributed by atoms with Crippen LogP contribution in [0.5, 0.6) is 5.75 Å². The molecular weight excluding hydrogens is 200 g/mol. The summed E-state index contributed by atoms with van der Waals surface area (Å²) < 4.78 is 5.70. The zero-order valence-corrected chi connectivity index (χ0v) is 9.66. The molecule has 0 fully saturated rings. The molecule has 0 aliphatic carbocycles. The van der Waals surface area contributed by atoms with Gasteiger partial charge in [0.2, 0.25) is 0 Å². The van der Waals surface area contributed by atoms with Crippen molar-refractivity contribution in [2.24, 2.45) is 0 Å². The molecule has 16 heavy (non-hydrogen) atoms. The fourth-order valence-corrected chi connectivity index (χ4v) is 1.59. The highest BCUT2D eigenvalue weighted by molar-refractivity contribution is 5.31. The van der Waals surface area contributed by atoms with Gasteiger partial charge in [0.25, 0.3) is 0 Å². The van der Waals surface area contributed by atoms with Crippen LogP contribution in [0.15, 0.2) is 30.3 Å². The van der Waals surface area contributed by atoms with Gasteiger partial charge >= 0.3 is 0 Å². The molecule has 3 nitrogen and oxygen atoms in total. The van der Waals surface area contributed by atoms with Crippen LogP contribution in [0, 0.1) is 13.8 Å². The van der Waals surface area contributed by atoms with Crippen molar-refractivity contribution in [3.63, 3.8) is 0 Å². The van der Waals surface area contributed by atoms with Crippen molar-refractivity contribution in [1.82, 2.24) is 10.2 Å². The third-order valence-corrected chi connectivity index (χ3v) is 2.47. The average molecular weight is 216 g/mol. The standard InChI is InChI=1S/C13H16N2O/c1-10-5-3-4-6-13(10)16-8-7-12-9-11(2)14-15-12/h3-6,9H,7-8H2,1-2H3,(H,14,15). The van der Waals surface area contributed by atoms with E-state index in [4.69, 9.17) is 4.74 Å². The second kappa shape index (κ2) is 4.84. The Bertz CT molecular complexity index is 462. The predicted molar refractivity (Wildman–Crippen MR) is 63.7 cm³/mol. The molecule has 1 N–H and O–H groups in total. The predicted octanol–water partition coefficient (Wildman–Crippen LogP) is 2.65. The fourth-order valence-electron chi connectivity index (χ4n) is 1.59. The SMILES string of the molecule is Cc1cc(CCOc2ccccc2C)n[nH]1. The number of nitrogens with zero attached hydrogens (tertiary/aromatic N) is 1. The highest BCUT2D eigenvalue weighted by Gasteiger charge is 2.00. The van der Waals surface area contributed by atoms with Crippen molar-refractivity contribution in [3.8, 4) is 5.75 Å². The van der Waals surface area contributed by atoms with Gasteiger partial charge in [-0.3, -0.25) is 5.10 Å². The molecule has 0 saturated carbocycles. The molecule has 0 aliphatic heterocycles. The lowest BCUT2D eigenvalue weighted by Gasteiger charge is -2.07. The minimum absolute atomic E-state index is 0.662. The number of hydrogen-bond donors (Lipinski definition) is 1. The number of para-hydroxylation sites is 1. The van der Waals surface area contributed by atoms with E-state index in [-0.39, 0.29) is 0 Å². The van der Waals surface area contributed by atoms with Crippen molar-refractivity contribution < 1.29 is 4.74 Å². The molecule has 0 saturated heterocycles. The van der Waals surface area contributed by atoms with E-state index in [9.17, 15) is 0 Å². The summed E-state index contributed by atoms with van der Waals surface area (Å²) in [5, 5.41) is 7.09. The Hall–Kier alpha value is -1.77. The van der Waals surface area contributed by atoms with Crippen molar-refractivity contribution >= 4 is 0 Å². The van der Waals surface area contributed by atoms with Gasteiger partial charge in [-0.05, 0) is 31.5 Å². The summed E-state index contributed by atoms with van der Waals surface area (Å²) in [6.07, 6.45) is 0.832. The van der Waals surface area contributed by atoms with Crippen LogP contribution in [0.2, 0.25) is 0 Å². The topological polar surface area (TPSA) is 37.9 Å². The molecule has 2 rings (SSSR count). The summed E-state index contributed by atoms with van der Waals surface area (Å²) in [6.45, 7) is 4.71. The first-order chi connectivity index (χ1) is 7.75. The zero-order valence-electron chi connectivity index (χ0n) is 9.66. The van der Waals surface area contributed by atoms with Crippen molar-refractivity contribution in [2.75, 3.05) is 6.61 Å². The lowest BCUT2D eigenvalue weighted by atomic mass is 10.2. The second-order valence-corrected chi connectivity index (χ2v) is 3.91. The molecule has 0 unspecified atom stereocenters. The molecule has 84 valence electrons. The number of aryl methyl sites for hydroxylation is 2. The van der Waals surface area contributed by atoms with E-state index in [0.717, 1.165) is 23.6 Å². The number of nitrogens with one attached hydrogen (secondary N) is 1. The van der Waals surface area contributed by atoms with E-state index in [1.807, 2.05) is 44.2 Å². The summed E-state index contributed by atoms with van der Waals surface area (Å²) in [4.78, 5) is 0. The Morgan fingerprint density at radius 1 is 1.25 bits per heavy atom. The molecular formula is C13H16N2O. The molecule has 0 atom stereocenters. The molecule has 0 amide bonds. The van der Waals surface area contributed by atoms with Crippen molar-refractivity contribution in [2.45, 2.75) is 20.3 Å². The number of benzene rings is 1. The maximum Gasteiger partial charge on any atom is 0.122 e. The lowest BCUT2D eigenvalue weighted by molar-refractivity contribution is 0.318. The normalized spacial score (nSPS) is 10.4. The Labute approximate surface area is 95.5 Å². The Kier molecular flexibility index (Phi) is 3.25. The maximum atomic E-state index is 5.70. The first-order valence-electron chi connectivity index (χ1n) is 5.45. The second-order valence-electron chi connectivity index (χ2n) is 3.91. The molecule has 1 aromatic heterocycles. The van der Waals surface area contributed by atoms with E-state index in [1.54, 1.807) is 0 Å². The maximum absolute atomic E-state index is 5.70. The van der Waals surface area contributed by atoms with Crippen molar-refractivity contribution in [1.29, 1.82) is 0 Å². The largest absolute Gasteiger partial charge is 0.493 e. The van der Waals surface area contributed by atoms with Crippen LogP contribution in [-0.4, -0.2) is 16.8 Å². The number of aromatic nitrogens is 2. The van der Waals surface area contributed by atoms with E-state index in [1.165, 1.54) is 5.56 Å². The molecule has 1 aromatic carbocycles. The third-order valence-electron chi connectivity index (χ3n) is 2.47. The number of aromatic amines is 1. The lowest BCUT2D eigenvalue weighted by Crippen LogP contribution is -2.02. The Balaban J connectivity index is 1.87. The molecule has 0 radical (unpaired) electrons. The number of ether oxygens (including phenoxy) is 1. The Morgan fingerprint density at radius 3 is 2.75 bits per heavy atom. The highest BCUT2D eigenvalue weighted by atomic mass is 16.5. The molecule has 3 heteroatoms. The first-order valence-corrected chi connectivity index (χ1v) is 5.45. The highest BCUT2D eigenvalue weighted by Crippen LogP contribution is 2.16. The van der Waals surface area contributed by atoms with Crippen LogP contribution < -0.4 is 4.74 Å². The van der Waals surface area contributed by atoms with Crippen LogP contribution in [-0.2, 0) is 6.42 Å². The Morgan fingerprint density at radius 2 is 2.06 bits per heavy atom. The van der Waals surface area contributed by atoms with E-state index in [2.05, 4.69) is 10.2 Å². The van der Waals surface area contributed by atoms with Crippen LogP contribution in [0.3, 0.4) is 0 Å². The van der Waals surface area contributed by atoms with Crippen LogP contribution >= 0.6 is 0 Å². The van der Waals surface area contributed by atoms with Gasteiger partial charge < -0.3 is 4.74 Å². The van der Waals surface area contributed by atoms with E-state index >= 15 is 0 Å². The van der Waals surface area contributed by atoms with Crippen LogP contribution in [0.1, 0.15) is 17.0 Å². The number of hydrogen-bond acceptors (Lipinski definition) is 2. The van der Waals surface area contributed by atoms with Gasteiger partial charge in [-0.1, -0.05) is 18.2 Å². The molecule has 0 spiro atoms. The smallest absolute Gasteiger partial charge is 0.122 e. The molecule has 2 aromatic rings. The quantitative estimate of drug-likeness (QED) is 0.853. The molecule has 0 aliphatic rings. The van der Waals surface area contributed by atoms with Gasteiger partial charge in [-0.25, -0.2) is 0 Å². The van der Waals surface area contributed by atoms with Crippen LogP contribution in [0.4, 0.5) is 0 Å². The third kappa shape index (κ3) is 2.63. The van der Waals surface area contributed by atoms with Gasteiger partial charge in [0.05, 0.1) is 12.3 Å². The minimum Gasteiger partial charge on any atom is -0.493 e. The fraction of sp³-hybridized carbons (Fsp3) is 0.308. The van der Waals surface area contributed by atoms with Gasteiger partial charge in [0, 0.05) is 12.1 Å². The number of rotatable bonds is 4. The summed E-state index contributed by atoms with van der Waals surface area (Å²) >= 11 is 0. The summed E-state index contributed by atoms with van der Waals surface area (Å²) in [7, 11) is 0. The average Bonchev–Trinajstić information content (AvgIpc) is 2.67. The number of H-pyrrole nitrogens is 1. The van der Waals surface area contributed by atoms with E-state index in [0.29, 0.717) is 6.61 Å². The summed E-state index contributed by atoms with van der Waals surface area (Å²) in [6, 6.07) is 10.1.